The SMILES string of the molecule is CC(C)(C)c1ccc([C@@H]2C[C@@H]2C(=O)N/N=C\c2ccccc2OCC(=O)[O-])cc1. The van der Waals surface area contributed by atoms with Crippen molar-refractivity contribution in [2.45, 2.75) is 38.5 Å². The first-order chi connectivity index (χ1) is 13.8. The van der Waals surface area contributed by atoms with Crippen molar-refractivity contribution < 1.29 is 19.4 Å². The van der Waals surface area contributed by atoms with Gasteiger partial charge in [-0.1, -0.05) is 57.2 Å². The van der Waals surface area contributed by atoms with Gasteiger partial charge in [0.25, 0.3) is 0 Å². The van der Waals surface area contributed by atoms with Crippen LogP contribution in [0.5, 0.6) is 5.75 Å². The van der Waals surface area contributed by atoms with Gasteiger partial charge in [0.2, 0.25) is 5.91 Å². The fourth-order valence-corrected chi connectivity index (χ4v) is 3.19. The maximum absolute atomic E-state index is 12.4. The van der Waals surface area contributed by atoms with E-state index in [0.717, 1.165) is 6.42 Å². The third-order valence-electron chi connectivity index (χ3n) is 4.97. The van der Waals surface area contributed by atoms with Gasteiger partial charge in [-0.05, 0) is 41.0 Å². The van der Waals surface area contributed by atoms with E-state index in [1.807, 2.05) is 0 Å². The Morgan fingerprint density at radius 2 is 1.86 bits per heavy atom. The highest BCUT2D eigenvalue weighted by molar-refractivity contribution is 5.87. The zero-order valence-corrected chi connectivity index (χ0v) is 16.8. The number of hydrazone groups is 1. The molecule has 1 aliphatic carbocycles. The lowest BCUT2D eigenvalue weighted by atomic mass is 9.86. The van der Waals surface area contributed by atoms with Gasteiger partial charge >= 0.3 is 0 Å². The van der Waals surface area contributed by atoms with Crippen LogP contribution in [0.3, 0.4) is 0 Å². The third kappa shape index (κ3) is 5.44. The maximum Gasteiger partial charge on any atom is 0.243 e. The number of amides is 1. The normalized spacial score (nSPS) is 18.4. The number of carbonyl (C=O) groups is 2. The van der Waals surface area contributed by atoms with Crippen molar-refractivity contribution in [2.75, 3.05) is 6.61 Å². The predicted molar refractivity (Wildman–Crippen MR) is 109 cm³/mol. The minimum absolute atomic E-state index is 0.0859. The van der Waals surface area contributed by atoms with Crippen LogP contribution >= 0.6 is 0 Å². The van der Waals surface area contributed by atoms with Gasteiger partial charge in [-0.15, -0.1) is 0 Å². The number of rotatable bonds is 7. The number of ether oxygens (including phenoxy) is 1. The number of nitrogens with one attached hydrogen (secondary N) is 1. The predicted octanol–water partition coefficient (Wildman–Crippen LogP) is 2.37. The minimum atomic E-state index is -1.31. The number of carboxylic acids is 1. The highest BCUT2D eigenvalue weighted by Crippen LogP contribution is 2.47. The first kappa shape index (κ1) is 20.6. The molecular weight excluding hydrogens is 368 g/mol. The Balaban J connectivity index is 1.55. The second kappa shape index (κ2) is 8.47. The molecule has 29 heavy (non-hydrogen) atoms. The first-order valence-corrected chi connectivity index (χ1v) is 9.61. The quantitative estimate of drug-likeness (QED) is 0.578. The van der Waals surface area contributed by atoms with Crippen molar-refractivity contribution in [2.24, 2.45) is 11.0 Å². The van der Waals surface area contributed by atoms with E-state index >= 15 is 0 Å². The van der Waals surface area contributed by atoms with Crippen LogP contribution < -0.4 is 15.3 Å². The molecule has 0 spiro atoms. The summed E-state index contributed by atoms with van der Waals surface area (Å²) in [5, 5.41) is 14.6. The molecular formula is C23H25N2O4-. The molecule has 0 unspecified atom stereocenters. The van der Waals surface area contributed by atoms with Crippen LogP contribution in [0.1, 0.15) is 49.8 Å². The van der Waals surface area contributed by atoms with Crippen molar-refractivity contribution in [3.63, 3.8) is 0 Å². The van der Waals surface area contributed by atoms with Gasteiger partial charge in [0.1, 0.15) is 12.4 Å². The molecule has 2 aromatic rings. The van der Waals surface area contributed by atoms with Gasteiger partial charge in [0.15, 0.2) is 0 Å². The molecule has 0 radical (unpaired) electrons. The molecule has 2 atom stereocenters. The van der Waals surface area contributed by atoms with Crippen molar-refractivity contribution in [1.82, 2.24) is 5.43 Å². The fraction of sp³-hybridized carbons (Fsp3) is 0.348. The average molecular weight is 393 g/mol. The highest BCUT2D eigenvalue weighted by atomic mass is 16.5. The smallest absolute Gasteiger partial charge is 0.243 e. The zero-order chi connectivity index (χ0) is 21.0. The van der Waals surface area contributed by atoms with Crippen LogP contribution in [0, 0.1) is 5.92 Å². The molecule has 6 nitrogen and oxygen atoms in total. The number of nitrogens with zero attached hydrogens (tertiary/aromatic N) is 1. The number of hydrogen-bond acceptors (Lipinski definition) is 5. The van der Waals surface area contributed by atoms with Gasteiger partial charge in [-0.2, -0.15) is 5.10 Å². The Morgan fingerprint density at radius 3 is 2.52 bits per heavy atom. The molecule has 3 rings (SSSR count). The summed E-state index contributed by atoms with van der Waals surface area (Å²) in [6.07, 6.45) is 2.25. The molecule has 152 valence electrons. The molecule has 6 heteroatoms. The van der Waals surface area contributed by atoms with E-state index in [-0.39, 0.29) is 23.2 Å². The van der Waals surface area contributed by atoms with E-state index in [9.17, 15) is 14.7 Å². The molecule has 0 aromatic heterocycles. The number of carbonyl (C=O) groups excluding carboxylic acids is 2. The Hall–Kier alpha value is -3.15. The third-order valence-corrected chi connectivity index (χ3v) is 4.97. The van der Waals surface area contributed by atoms with Crippen molar-refractivity contribution in [3.8, 4) is 5.75 Å². The monoisotopic (exact) mass is 393 g/mol. The van der Waals surface area contributed by atoms with Crippen LogP contribution in [0.2, 0.25) is 0 Å². The van der Waals surface area contributed by atoms with E-state index in [4.69, 9.17) is 4.74 Å². The van der Waals surface area contributed by atoms with Crippen LogP contribution in [-0.4, -0.2) is 24.7 Å². The van der Waals surface area contributed by atoms with Gasteiger partial charge in [0.05, 0.1) is 12.2 Å². The van der Waals surface area contributed by atoms with E-state index < -0.39 is 12.6 Å². The Kier molecular flexibility index (Phi) is 6.01. The Labute approximate surface area is 170 Å². The van der Waals surface area contributed by atoms with Crippen LogP contribution in [0.25, 0.3) is 0 Å². The summed E-state index contributed by atoms with van der Waals surface area (Å²) in [5.41, 5.74) is 5.68. The molecule has 1 saturated carbocycles. The molecule has 1 amide bonds. The maximum atomic E-state index is 12.4. The molecule has 0 bridgehead atoms. The second-order valence-electron chi connectivity index (χ2n) is 8.25. The second-order valence-corrected chi connectivity index (χ2v) is 8.25. The van der Waals surface area contributed by atoms with Gasteiger partial charge in [0, 0.05) is 11.5 Å². The lowest BCUT2D eigenvalue weighted by Gasteiger charge is -2.19. The number of benzene rings is 2. The van der Waals surface area contributed by atoms with Crippen molar-refractivity contribution >= 4 is 18.1 Å². The number of hydrogen-bond donors (Lipinski definition) is 1. The molecule has 2 aromatic carbocycles. The van der Waals surface area contributed by atoms with Crippen molar-refractivity contribution in [1.29, 1.82) is 0 Å². The van der Waals surface area contributed by atoms with Gasteiger partial charge < -0.3 is 14.6 Å². The topological polar surface area (TPSA) is 90.8 Å². The molecule has 0 aliphatic heterocycles. The molecule has 0 heterocycles. The largest absolute Gasteiger partial charge is 0.546 e. The minimum Gasteiger partial charge on any atom is -0.546 e. The fourth-order valence-electron chi connectivity index (χ4n) is 3.19. The van der Waals surface area contributed by atoms with E-state index in [0.29, 0.717) is 11.3 Å². The van der Waals surface area contributed by atoms with Gasteiger partial charge in [-0.25, -0.2) is 5.43 Å². The van der Waals surface area contributed by atoms with Crippen LogP contribution in [0.4, 0.5) is 0 Å². The summed E-state index contributed by atoms with van der Waals surface area (Å²) >= 11 is 0. The van der Waals surface area contributed by atoms with E-state index in [1.165, 1.54) is 17.3 Å². The number of aliphatic carboxylic acids is 1. The van der Waals surface area contributed by atoms with E-state index in [1.54, 1.807) is 24.3 Å². The molecule has 1 aliphatic rings. The van der Waals surface area contributed by atoms with Crippen LogP contribution in [-0.2, 0) is 15.0 Å². The molecule has 0 saturated heterocycles. The Bertz CT molecular complexity index is 913. The lowest BCUT2D eigenvalue weighted by molar-refractivity contribution is -0.307. The van der Waals surface area contributed by atoms with Crippen molar-refractivity contribution in [3.05, 3.63) is 65.2 Å². The number of carboxylic acid groups (broad SMARTS) is 1. The zero-order valence-electron chi connectivity index (χ0n) is 16.8. The summed E-state index contributed by atoms with van der Waals surface area (Å²) in [5.74, 6) is -0.937. The Morgan fingerprint density at radius 1 is 1.17 bits per heavy atom. The standard InChI is InChI=1S/C23H26N2O4/c1-23(2,3)17-10-8-15(9-11-17)18-12-19(18)22(28)25-24-13-16-6-4-5-7-20(16)29-14-21(26)27/h4-11,13,18-19H,12,14H2,1-3H3,(H,25,28)(H,26,27)/p-1/b24-13-/t18-,19-/m0/s1. The summed E-state index contributed by atoms with van der Waals surface area (Å²) in [4.78, 5) is 22.9. The summed E-state index contributed by atoms with van der Waals surface area (Å²) in [6, 6.07) is 15.3. The molecule has 1 N–H and O–H groups in total. The first-order valence-electron chi connectivity index (χ1n) is 9.61. The van der Waals surface area contributed by atoms with Crippen LogP contribution in [0.15, 0.2) is 53.6 Å². The van der Waals surface area contributed by atoms with Gasteiger partial charge in [-0.3, -0.25) is 4.79 Å². The number of para-hydroxylation sites is 1. The highest BCUT2D eigenvalue weighted by Gasteiger charge is 2.44. The van der Waals surface area contributed by atoms with E-state index in [2.05, 4.69) is 55.6 Å². The average Bonchev–Trinajstić information content (AvgIpc) is 3.47. The molecule has 1 fully saturated rings. The lowest BCUT2D eigenvalue weighted by Crippen LogP contribution is -2.29. The summed E-state index contributed by atoms with van der Waals surface area (Å²) in [7, 11) is 0. The summed E-state index contributed by atoms with van der Waals surface area (Å²) < 4.78 is 5.16. The summed E-state index contributed by atoms with van der Waals surface area (Å²) in [6.45, 7) is 5.98.